The average Bonchev–Trinajstić information content (AvgIpc) is 2.22. The molecule has 0 heterocycles. The number of nitrogens with one attached hydrogen (secondary N) is 1. The monoisotopic (exact) mass is 293 g/mol. The summed E-state index contributed by atoms with van der Waals surface area (Å²) >= 11 is 0. The highest BCUT2D eigenvalue weighted by Gasteiger charge is 2.08. The SMILES string of the molecule is CC(=Cc1c(F)cccc1F)C(=O)O.Cl.N=C(N)N. The molecule has 0 bridgehead atoms. The number of hydrogen-bond donors (Lipinski definition) is 4. The van der Waals surface area contributed by atoms with Crippen LogP contribution in [0.3, 0.4) is 0 Å². The number of hydrogen-bond acceptors (Lipinski definition) is 2. The second kappa shape index (κ2) is 8.87. The van der Waals surface area contributed by atoms with Gasteiger partial charge in [-0.25, -0.2) is 13.6 Å². The maximum absolute atomic E-state index is 13.0. The number of guanidine groups is 1. The number of rotatable bonds is 2. The van der Waals surface area contributed by atoms with Crippen LogP contribution in [0.25, 0.3) is 6.08 Å². The molecule has 0 aliphatic rings. The molecule has 5 nitrogen and oxygen atoms in total. The van der Waals surface area contributed by atoms with Crippen molar-refractivity contribution in [2.75, 3.05) is 0 Å². The van der Waals surface area contributed by atoms with Crippen LogP contribution in [0.2, 0.25) is 0 Å². The van der Waals surface area contributed by atoms with Gasteiger partial charge in [-0.2, -0.15) is 0 Å². The van der Waals surface area contributed by atoms with Crippen LogP contribution in [0, 0.1) is 17.0 Å². The summed E-state index contributed by atoms with van der Waals surface area (Å²) in [4.78, 5) is 10.4. The van der Waals surface area contributed by atoms with Crippen LogP contribution in [0.5, 0.6) is 0 Å². The number of aliphatic carboxylic acids is 1. The highest BCUT2D eigenvalue weighted by atomic mass is 35.5. The predicted molar refractivity (Wildman–Crippen MR) is 71.0 cm³/mol. The van der Waals surface area contributed by atoms with Crippen molar-refractivity contribution in [1.82, 2.24) is 0 Å². The summed E-state index contributed by atoms with van der Waals surface area (Å²) in [6, 6.07) is 3.37. The molecule has 0 atom stereocenters. The molecule has 0 aliphatic carbocycles. The molecule has 0 saturated heterocycles. The maximum Gasteiger partial charge on any atom is 0.331 e. The quantitative estimate of drug-likeness (QED) is 0.377. The summed E-state index contributed by atoms with van der Waals surface area (Å²) < 4.78 is 26.0. The Bertz CT molecular complexity index is 469. The molecule has 0 amide bonds. The Morgan fingerprint density at radius 1 is 1.32 bits per heavy atom. The smallest absolute Gasteiger partial charge is 0.331 e. The molecular formula is C11H14ClF2N3O2. The van der Waals surface area contributed by atoms with Gasteiger partial charge in [0.05, 0.1) is 0 Å². The van der Waals surface area contributed by atoms with Gasteiger partial charge in [0.2, 0.25) is 0 Å². The maximum atomic E-state index is 13.0. The van der Waals surface area contributed by atoms with Crippen molar-refractivity contribution in [2.24, 2.45) is 11.5 Å². The Morgan fingerprint density at radius 3 is 2.00 bits per heavy atom. The van der Waals surface area contributed by atoms with Crippen LogP contribution in [0.4, 0.5) is 8.78 Å². The van der Waals surface area contributed by atoms with E-state index in [-0.39, 0.29) is 29.5 Å². The van der Waals surface area contributed by atoms with Crippen LogP contribution < -0.4 is 11.5 Å². The van der Waals surface area contributed by atoms with Crippen molar-refractivity contribution in [1.29, 1.82) is 5.41 Å². The van der Waals surface area contributed by atoms with Crippen molar-refractivity contribution in [3.05, 3.63) is 41.0 Å². The standard InChI is InChI=1S/C10H8F2O2.CH5N3.ClH/c1-6(10(13)14)5-7-8(11)3-2-4-9(7)12;2-1(3)4;/h2-5H,1H3,(H,13,14);(H5,2,3,4);1H. The van der Waals surface area contributed by atoms with Gasteiger partial charge >= 0.3 is 5.97 Å². The molecular weight excluding hydrogens is 280 g/mol. The minimum Gasteiger partial charge on any atom is -0.478 e. The van der Waals surface area contributed by atoms with Gasteiger partial charge in [0.1, 0.15) is 11.6 Å². The van der Waals surface area contributed by atoms with Crippen molar-refractivity contribution < 1.29 is 18.7 Å². The van der Waals surface area contributed by atoms with Crippen LogP contribution >= 0.6 is 12.4 Å². The summed E-state index contributed by atoms with van der Waals surface area (Å²) in [5.41, 5.74) is 8.50. The third kappa shape index (κ3) is 7.72. The normalized spacial score (nSPS) is 9.74. The minimum atomic E-state index is -1.20. The van der Waals surface area contributed by atoms with E-state index in [1.807, 2.05) is 0 Å². The van der Waals surface area contributed by atoms with Crippen LogP contribution in [-0.2, 0) is 4.79 Å². The fourth-order valence-electron chi connectivity index (χ4n) is 0.927. The van der Waals surface area contributed by atoms with E-state index in [1.54, 1.807) is 0 Å². The Morgan fingerprint density at radius 2 is 1.68 bits per heavy atom. The Hall–Kier alpha value is -2.15. The van der Waals surface area contributed by atoms with E-state index in [9.17, 15) is 13.6 Å². The zero-order valence-electron chi connectivity index (χ0n) is 9.98. The van der Waals surface area contributed by atoms with Gasteiger partial charge in [0, 0.05) is 11.1 Å². The number of carbonyl (C=O) groups is 1. The molecule has 1 aromatic carbocycles. The van der Waals surface area contributed by atoms with Gasteiger partial charge in [-0.1, -0.05) is 6.07 Å². The van der Waals surface area contributed by atoms with Crippen LogP contribution in [0.15, 0.2) is 23.8 Å². The fraction of sp³-hybridized carbons (Fsp3) is 0.0909. The molecule has 0 aromatic heterocycles. The fourth-order valence-corrected chi connectivity index (χ4v) is 0.927. The highest BCUT2D eigenvalue weighted by molar-refractivity contribution is 5.91. The summed E-state index contributed by atoms with van der Waals surface area (Å²) in [6.07, 6.45) is 0.965. The van der Waals surface area contributed by atoms with Gasteiger partial charge in [-0.3, -0.25) is 5.41 Å². The molecule has 1 rings (SSSR count). The lowest BCUT2D eigenvalue weighted by atomic mass is 10.1. The lowest BCUT2D eigenvalue weighted by Gasteiger charge is -1.99. The molecule has 0 unspecified atom stereocenters. The molecule has 0 saturated carbocycles. The summed E-state index contributed by atoms with van der Waals surface area (Å²) in [5, 5.41) is 14.6. The zero-order chi connectivity index (χ0) is 14.3. The van der Waals surface area contributed by atoms with E-state index < -0.39 is 17.6 Å². The number of carboxylic acid groups (broad SMARTS) is 1. The number of nitrogens with two attached hydrogens (primary N) is 2. The second-order valence-corrected chi connectivity index (χ2v) is 3.22. The molecule has 0 radical (unpaired) electrons. The number of halogens is 3. The average molecular weight is 294 g/mol. The zero-order valence-corrected chi connectivity index (χ0v) is 10.8. The molecule has 1 aromatic rings. The van der Waals surface area contributed by atoms with E-state index in [4.69, 9.17) is 10.5 Å². The molecule has 0 aliphatic heterocycles. The van der Waals surface area contributed by atoms with Crippen molar-refractivity contribution in [3.63, 3.8) is 0 Å². The van der Waals surface area contributed by atoms with E-state index in [1.165, 1.54) is 13.0 Å². The summed E-state index contributed by atoms with van der Waals surface area (Å²) in [5.74, 6) is -3.08. The number of benzene rings is 1. The van der Waals surface area contributed by atoms with Crippen molar-refractivity contribution >= 4 is 30.4 Å². The minimum absolute atomic E-state index is 0. The van der Waals surface area contributed by atoms with Crippen molar-refractivity contribution in [3.8, 4) is 0 Å². The van der Waals surface area contributed by atoms with E-state index in [0.717, 1.165) is 18.2 Å². The van der Waals surface area contributed by atoms with Gasteiger partial charge in [-0.15, -0.1) is 12.4 Å². The van der Waals surface area contributed by atoms with Crippen molar-refractivity contribution in [2.45, 2.75) is 6.92 Å². The van der Waals surface area contributed by atoms with E-state index in [0.29, 0.717) is 0 Å². The lowest BCUT2D eigenvalue weighted by molar-refractivity contribution is -0.132. The molecule has 19 heavy (non-hydrogen) atoms. The number of carboxylic acids is 1. The highest BCUT2D eigenvalue weighted by Crippen LogP contribution is 2.15. The summed E-state index contributed by atoms with van der Waals surface area (Å²) in [6.45, 7) is 1.27. The second-order valence-electron chi connectivity index (χ2n) is 3.22. The summed E-state index contributed by atoms with van der Waals surface area (Å²) in [7, 11) is 0. The topological polar surface area (TPSA) is 113 Å². The third-order valence-electron chi connectivity index (χ3n) is 1.70. The van der Waals surface area contributed by atoms with E-state index >= 15 is 0 Å². The third-order valence-corrected chi connectivity index (χ3v) is 1.70. The van der Waals surface area contributed by atoms with Crippen LogP contribution in [0.1, 0.15) is 12.5 Å². The molecule has 6 N–H and O–H groups in total. The molecule has 0 fully saturated rings. The first-order valence-electron chi connectivity index (χ1n) is 4.70. The van der Waals surface area contributed by atoms with E-state index in [2.05, 4.69) is 11.5 Å². The van der Waals surface area contributed by atoms with Crippen LogP contribution in [-0.4, -0.2) is 17.0 Å². The Balaban J connectivity index is 0. The van der Waals surface area contributed by atoms with Gasteiger partial charge < -0.3 is 16.6 Å². The van der Waals surface area contributed by atoms with Gasteiger partial charge in [-0.05, 0) is 25.1 Å². The first-order chi connectivity index (χ1) is 8.25. The Labute approximate surface area is 114 Å². The molecule has 0 spiro atoms. The Kier molecular flexibility index (Phi) is 8.96. The molecule has 8 heteroatoms. The predicted octanol–water partition coefficient (Wildman–Crippen LogP) is 1.71. The largest absolute Gasteiger partial charge is 0.478 e. The van der Waals surface area contributed by atoms with Gasteiger partial charge in [0.15, 0.2) is 5.96 Å². The van der Waals surface area contributed by atoms with Gasteiger partial charge in [0.25, 0.3) is 0 Å². The lowest BCUT2D eigenvalue weighted by Crippen LogP contribution is -2.20. The first-order valence-corrected chi connectivity index (χ1v) is 4.70. The molecule has 106 valence electrons. The first kappa shape index (κ1) is 19.2.